The molecular formula is C22H37N3O7. The van der Waals surface area contributed by atoms with Gasteiger partial charge < -0.3 is 30.2 Å². The molecule has 0 aliphatic rings. The predicted octanol–water partition coefficient (Wildman–Crippen LogP) is 0.621. The maximum Gasteiger partial charge on any atom is 0.325 e. The Balaban J connectivity index is 4.00. The zero-order valence-electron chi connectivity index (χ0n) is 19.6. The monoisotopic (exact) mass is 455 g/mol. The molecule has 0 aliphatic heterocycles. The average Bonchev–Trinajstić information content (AvgIpc) is 2.72. The lowest BCUT2D eigenvalue weighted by molar-refractivity contribution is -0.145. The molecule has 182 valence electrons. The average molecular weight is 456 g/mol. The number of ether oxygens (including phenoxy) is 3. The zero-order valence-corrected chi connectivity index (χ0v) is 19.6. The second-order valence-corrected chi connectivity index (χ2v) is 8.20. The summed E-state index contributed by atoms with van der Waals surface area (Å²) in [6, 6.07) is 0. The number of hydrogen-bond acceptors (Lipinski definition) is 8. The number of nitrogens with one attached hydrogen (secondary N) is 3. The maximum atomic E-state index is 11.6. The van der Waals surface area contributed by atoms with E-state index in [1.54, 1.807) is 0 Å². The summed E-state index contributed by atoms with van der Waals surface area (Å²) in [6.07, 6.45) is 3.37. The molecule has 0 unspecified atom stereocenters. The van der Waals surface area contributed by atoms with Crippen LogP contribution in [0.2, 0.25) is 0 Å². The van der Waals surface area contributed by atoms with Crippen LogP contribution in [0.4, 0.5) is 0 Å². The first-order chi connectivity index (χ1) is 14.9. The Hall–Kier alpha value is -2.72. The molecule has 10 nitrogen and oxygen atoms in total. The fraction of sp³-hybridized carbons (Fsp3) is 0.636. The molecule has 0 aromatic carbocycles. The van der Waals surface area contributed by atoms with Crippen molar-refractivity contribution in [3.8, 4) is 0 Å². The molecule has 0 aromatic heterocycles. The molecule has 0 heterocycles. The van der Waals surface area contributed by atoms with Crippen molar-refractivity contribution in [2.24, 2.45) is 0 Å². The summed E-state index contributed by atoms with van der Waals surface area (Å²) in [5.74, 6) is -1.91. The van der Waals surface area contributed by atoms with Crippen molar-refractivity contribution in [1.82, 2.24) is 16.0 Å². The third kappa shape index (κ3) is 16.0. The van der Waals surface area contributed by atoms with Crippen molar-refractivity contribution in [2.45, 2.75) is 51.7 Å². The van der Waals surface area contributed by atoms with Crippen molar-refractivity contribution < 1.29 is 33.4 Å². The van der Waals surface area contributed by atoms with Crippen LogP contribution in [-0.4, -0.2) is 74.3 Å². The van der Waals surface area contributed by atoms with Crippen LogP contribution in [0.5, 0.6) is 0 Å². The van der Waals surface area contributed by atoms with Crippen LogP contribution in [0.25, 0.3) is 0 Å². The highest BCUT2D eigenvalue weighted by molar-refractivity contribution is 5.90. The van der Waals surface area contributed by atoms with Gasteiger partial charge in [0.2, 0.25) is 11.8 Å². The Bertz CT molecular complexity index is 660. The molecule has 0 rings (SSSR count). The van der Waals surface area contributed by atoms with Gasteiger partial charge in [-0.2, -0.15) is 0 Å². The van der Waals surface area contributed by atoms with Gasteiger partial charge in [0.25, 0.3) is 0 Å². The lowest BCUT2D eigenvalue weighted by Gasteiger charge is -2.30. The fourth-order valence-corrected chi connectivity index (χ4v) is 2.27. The molecule has 0 aliphatic carbocycles. The smallest absolute Gasteiger partial charge is 0.325 e. The van der Waals surface area contributed by atoms with E-state index in [0.717, 1.165) is 12.2 Å². The van der Waals surface area contributed by atoms with Crippen molar-refractivity contribution in [2.75, 3.05) is 39.5 Å². The van der Waals surface area contributed by atoms with Crippen molar-refractivity contribution >= 4 is 23.8 Å². The van der Waals surface area contributed by atoms with E-state index in [0.29, 0.717) is 26.0 Å². The summed E-state index contributed by atoms with van der Waals surface area (Å²) in [4.78, 5) is 45.1. The molecule has 0 atom stereocenters. The van der Waals surface area contributed by atoms with Crippen LogP contribution in [0.1, 0.15) is 40.5 Å². The largest absolute Gasteiger partial charge is 0.464 e. The lowest BCUT2D eigenvalue weighted by Crippen LogP contribution is -2.43. The summed E-state index contributed by atoms with van der Waals surface area (Å²) >= 11 is 0. The minimum atomic E-state index is -0.523. The Morgan fingerprint density at radius 3 is 1.78 bits per heavy atom. The second-order valence-electron chi connectivity index (χ2n) is 8.20. The van der Waals surface area contributed by atoms with Crippen LogP contribution in [0, 0.1) is 0 Å². The van der Waals surface area contributed by atoms with Gasteiger partial charge in [0.15, 0.2) is 0 Å². The molecule has 0 bridgehead atoms. The van der Waals surface area contributed by atoms with E-state index in [1.165, 1.54) is 0 Å². The molecule has 2 amide bonds. The number of amides is 2. The highest BCUT2D eigenvalue weighted by atomic mass is 16.5. The minimum absolute atomic E-state index is 0.177. The summed E-state index contributed by atoms with van der Waals surface area (Å²) in [5.41, 5.74) is -0.749. The number of hydrogen-bond donors (Lipinski definition) is 3. The Kier molecular flexibility index (Phi) is 13.9. The minimum Gasteiger partial charge on any atom is -0.464 e. The van der Waals surface area contributed by atoms with Crippen molar-refractivity contribution in [1.29, 1.82) is 0 Å². The number of rotatable bonds is 17. The van der Waals surface area contributed by atoms with Crippen LogP contribution in [-0.2, 0) is 33.4 Å². The van der Waals surface area contributed by atoms with Crippen LogP contribution in [0.3, 0.4) is 0 Å². The first-order valence-corrected chi connectivity index (χ1v) is 10.4. The Labute approximate surface area is 190 Å². The van der Waals surface area contributed by atoms with Gasteiger partial charge in [0, 0.05) is 25.1 Å². The summed E-state index contributed by atoms with van der Waals surface area (Å²) < 4.78 is 16.1. The van der Waals surface area contributed by atoms with E-state index >= 15 is 0 Å². The lowest BCUT2D eigenvalue weighted by atomic mass is 10.0. The number of carbonyl (C=O) groups is 4. The van der Waals surface area contributed by atoms with Gasteiger partial charge in [-0.15, -0.1) is 0 Å². The van der Waals surface area contributed by atoms with Gasteiger partial charge in [0.1, 0.15) is 19.7 Å². The molecule has 10 heteroatoms. The van der Waals surface area contributed by atoms with E-state index in [1.807, 2.05) is 27.7 Å². The van der Waals surface area contributed by atoms with Gasteiger partial charge in [0.05, 0.1) is 12.2 Å². The van der Waals surface area contributed by atoms with Crippen LogP contribution >= 0.6 is 0 Å². The molecule has 0 spiro atoms. The standard InChI is InChI=1S/C22H37N3O7/c1-7-17(26)23-15-19(28)30-12-10-22(5,6)32-13-9-21(3,4)25-11-14-31-20(29)16-24-18(27)8-2/h7-8,25H,1-2,9-16H2,3-6H3,(H,23,26)(H,24,27). The molecule has 0 fully saturated rings. The Morgan fingerprint density at radius 1 is 0.781 bits per heavy atom. The SMILES string of the molecule is C=CC(=O)NCC(=O)OCCNC(C)(C)CCOC(C)(C)CCOC(=O)CNC(=O)C=C. The van der Waals surface area contributed by atoms with Gasteiger partial charge in [-0.1, -0.05) is 13.2 Å². The molecular weight excluding hydrogens is 418 g/mol. The molecule has 32 heavy (non-hydrogen) atoms. The third-order valence-electron chi connectivity index (χ3n) is 4.34. The Morgan fingerprint density at radius 2 is 1.28 bits per heavy atom. The van der Waals surface area contributed by atoms with Gasteiger partial charge in [-0.05, 0) is 46.3 Å². The van der Waals surface area contributed by atoms with Gasteiger partial charge in [-0.3, -0.25) is 19.2 Å². The van der Waals surface area contributed by atoms with E-state index in [-0.39, 0.29) is 31.8 Å². The molecule has 0 saturated heterocycles. The van der Waals surface area contributed by atoms with Crippen molar-refractivity contribution in [3.05, 3.63) is 25.3 Å². The maximum absolute atomic E-state index is 11.6. The van der Waals surface area contributed by atoms with Crippen molar-refractivity contribution in [3.63, 3.8) is 0 Å². The molecule has 0 radical (unpaired) electrons. The van der Waals surface area contributed by atoms with E-state index in [2.05, 4.69) is 29.1 Å². The van der Waals surface area contributed by atoms with Gasteiger partial charge in [-0.25, -0.2) is 0 Å². The summed E-state index contributed by atoms with van der Waals surface area (Å²) in [7, 11) is 0. The summed E-state index contributed by atoms with van der Waals surface area (Å²) in [5, 5.41) is 7.99. The first-order valence-electron chi connectivity index (χ1n) is 10.4. The quantitative estimate of drug-likeness (QED) is 0.165. The van der Waals surface area contributed by atoms with E-state index < -0.39 is 29.4 Å². The first kappa shape index (κ1) is 29.3. The molecule has 0 aromatic rings. The summed E-state index contributed by atoms with van der Waals surface area (Å²) in [6.45, 7) is 15.3. The molecule has 3 N–H and O–H groups in total. The van der Waals surface area contributed by atoms with E-state index in [4.69, 9.17) is 14.2 Å². The van der Waals surface area contributed by atoms with Crippen LogP contribution in [0.15, 0.2) is 25.3 Å². The highest BCUT2D eigenvalue weighted by Gasteiger charge is 2.22. The normalized spacial score (nSPS) is 11.2. The molecule has 0 saturated carbocycles. The highest BCUT2D eigenvalue weighted by Crippen LogP contribution is 2.17. The fourth-order valence-electron chi connectivity index (χ4n) is 2.27. The third-order valence-corrected chi connectivity index (χ3v) is 4.34. The predicted molar refractivity (Wildman–Crippen MR) is 120 cm³/mol. The second kappa shape index (κ2) is 15.1. The topological polar surface area (TPSA) is 132 Å². The van der Waals surface area contributed by atoms with Gasteiger partial charge >= 0.3 is 11.9 Å². The number of esters is 2. The number of carbonyl (C=O) groups excluding carboxylic acids is 4. The van der Waals surface area contributed by atoms with E-state index in [9.17, 15) is 19.2 Å². The zero-order chi connectivity index (χ0) is 24.6. The van der Waals surface area contributed by atoms with Crippen LogP contribution < -0.4 is 16.0 Å².